The summed E-state index contributed by atoms with van der Waals surface area (Å²) in [5, 5.41) is 12.6. The van der Waals surface area contributed by atoms with Gasteiger partial charge in [0, 0.05) is 10.6 Å². The van der Waals surface area contributed by atoms with E-state index in [0.29, 0.717) is 17.0 Å². The molecule has 2 aromatic rings. The van der Waals surface area contributed by atoms with Gasteiger partial charge in [0.1, 0.15) is 11.8 Å². The highest BCUT2D eigenvalue weighted by Gasteiger charge is 2.48. The molecular formula is C17H14N4O4. The number of methoxy groups -OCH3 is 1. The summed E-state index contributed by atoms with van der Waals surface area (Å²) in [6, 6.07) is 11.8. The number of carboxylic acid groups (broad SMARTS) is 1. The first-order valence-electron chi connectivity index (χ1n) is 7.41. The Bertz CT molecular complexity index is 857. The molecule has 2 atom stereocenters. The van der Waals surface area contributed by atoms with Crippen molar-refractivity contribution in [2.75, 3.05) is 12.0 Å². The van der Waals surface area contributed by atoms with Gasteiger partial charge in [0.05, 0.1) is 18.7 Å². The largest absolute Gasteiger partial charge is 0.497 e. The predicted molar refractivity (Wildman–Crippen MR) is 89.6 cm³/mol. The molecular weight excluding hydrogens is 324 g/mol. The molecule has 2 unspecified atom stereocenters. The highest BCUT2D eigenvalue weighted by atomic mass is 16.5. The summed E-state index contributed by atoms with van der Waals surface area (Å²) in [4.78, 5) is 27.7. The van der Waals surface area contributed by atoms with Gasteiger partial charge in [-0.25, -0.2) is 4.79 Å². The molecule has 0 spiro atoms. The fraction of sp³-hybridized carbons (Fsp3) is 0.176. The molecule has 1 aliphatic rings. The molecule has 0 bridgehead atoms. The minimum absolute atomic E-state index is 0.144. The first kappa shape index (κ1) is 16.4. The number of carboxylic acids is 1. The third kappa shape index (κ3) is 2.86. The van der Waals surface area contributed by atoms with Gasteiger partial charge >= 0.3 is 5.97 Å². The van der Waals surface area contributed by atoms with E-state index in [4.69, 9.17) is 15.4 Å². The van der Waals surface area contributed by atoms with Crippen LogP contribution in [-0.2, 0) is 4.79 Å². The standard InChI is InChI=1S/C17H14N4O4/c1-25-13-8-6-12(7-9-13)21-15(14(16(21)22)19-20-18)10-2-4-11(5-3-10)17(23)24/h2-9,14-15H,1H3,(H,23,24). The van der Waals surface area contributed by atoms with Crippen molar-refractivity contribution in [2.24, 2.45) is 5.11 Å². The zero-order valence-electron chi connectivity index (χ0n) is 13.2. The fourth-order valence-electron chi connectivity index (χ4n) is 2.83. The van der Waals surface area contributed by atoms with Crippen molar-refractivity contribution in [1.82, 2.24) is 0 Å². The molecule has 1 saturated heterocycles. The van der Waals surface area contributed by atoms with E-state index in [2.05, 4.69) is 10.0 Å². The maximum atomic E-state index is 12.4. The first-order chi connectivity index (χ1) is 12.1. The van der Waals surface area contributed by atoms with Crippen LogP contribution in [0.15, 0.2) is 53.6 Å². The third-order valence-electron chi connectivity index (χ3n) is 4.09. The van der Waals surface area contributed by atoms with E-state index in [1.807, 2.05) is 0 Å². The number of anilines is 1. The van der Waals surface area contributed by atoms with Gasteiger partial charge < -0.3 is 14.7 Å². The normalized spacial score (nSPS) is 18.9. The molecule has 8 nitrogen and oxygen atoms in total. The Morgan fingerprint density at radius 2 is 1.84 bits per heavy atom. The second kappa shape index (κ2) is 6.54. The number of benzene rings is 2. The number of carbonyl (C=O) groups excluding carboxylic acids is 1. The fourth-order valence-corrected chi connectivity index (χ4v) is 2.83. The number of rotatable bonds is 5. The van der Waals surface area contributed by atoms with Gasteiger partial charge in [-0.05, 0) is 47.5 Å². The van der Waals surface area contributed by atoms with Crippen molar-refractivity contribution >= 4 is 17.6 Å². The molecule has 1 heterocycles. The van der Waals surface area contributed by atoms with Crippen LogP contribution in [0.2, 0.25) is 0 Å². The van der Waals surface area contributed by atoms with Gasteiger partial charge in [0.2, 0.25) is 5.91 Å². The number of nitrogens with zero attached hydrogens (tertiary/aromatic N) is 4. The number of azide groups is 1. The summed E-state index contributed by atoms with van der Waals surface area (Å²) in [5.41, 5.74) is 10.2. The van der Waals surface area contributed by atoms with Crippen molar-refractivity contribution in [1.29, 1.82) is 0 Å². The average Bonchev–Trinajstić information content (AvgIpc) is 2.64. The van der Waals surface area contributed by atoms with Gasteiger partial charge in [-0.1, -0.05) is 17.2 Å². The summed E-state index contributed by atoms with van der Waals surface area (Å²) in [7, 11) is 1.55. The average molecular weight is 338 g/mol. The van der Waals surface area contributed by atoms with Crippen LogP contribution in [0.4, 0.5) is 5.69 Å². The number of carbonyl (C=O) groups is 2. The van der Waals surface area contributed by atoms with Crippen molar-refractivity contribution < 1.29 is 19.4 Å². The van der Waals surface area contributed by atoms with E-state index < -0.39 is 18.1 Å². The Hall–Kier alpha value is -3.51. The summed E-state index contributed by atoms with van der Waals surface area (Å²) in [5.74, 6) is -0.684. The molecule has 0 saturated carbocycles. The van der Waals surface area contributed by atoms with Gasteiger partial charge in [-0.2, -0.15) is 0 Å². The topological polar surface area (TPSA) is 116 Å². The van der Waals surface area contributed by atoms with Crippen LogP contribution < -0.4 is 9.64 Å². The van der Waals surface area contributed by atoms with Crippen LogP contribution in [0, 0.1) is 0 Å². The lowest BCUT2D eigenvalue weighted by molar-refractivity contribution is -0.126. The summed E-state index contributed by atoms with van der Waals surface area (Å²) >= 11 is 0. The SMILES string of the molecule is COc1ccc(N2C(=O)C(N=[N+]=[N-])C2c2ccc(C(=O)O)cc2)cc1. The molecule has 8 heteroatoms. The quantitative estimate of drug-likeness (QED) is 0.390. The van der Waals surface area contributed by atoms with Crippen LogP contribution in [0.3, 0.4) is 0 Å². The lowest BCUT2D eigenvalue weighted by Gasteiger charge is -2.45. The second-order valence-electron chi connectivity index (χ2n) is 5.43. The molecule has 3 rings (SSSR count). The molecule has 1 aliphatic heterocycles. The minimum Gasteiger partial charge on any atom is -0.497 e. The number of hydrogen-bond acceptors (Lipinski definition) is 4. The molecule has 1 amide bonds. The minimum atomic E-state index is -1.03. The molecule has 25 heavy (non-hydrogen) atoms. The summed E-state index contributed by atoms with van der Waals surface area (Å²) < 4.78 is 5.11. The number of ether oxygens (including phenoxy) is 1. The summed E-state index contributed by atoms with van der Waals surface area (Å²) in [6.45, 7) is 0. The molecule has 2 aromatic carbocycles. The predicted octanol–water partition coefficient (Wildman–Crippen LogP) is 3.16. The molecule has 1 fully saturated rings. The zero-order valence-corrected chi connectivity index (χ0v) is 13.2. The highest BCUT2D eigenvalue weighted by molar-refractivity contribution is 6.06. The molecule has 0 aliphatic carbocycles. The Kier molecular flexibility index (Phi) is 4.28. The maximum absolute atomic E-state index is 12.4. The Morgan fingerprint density at radius 1 is 1.20 bits per heavy atom. The molecule has 1 N–H and O–H groups in total. The number of amides is 1. The van der Waals surface area contributed by atoms with E-state index in [9.17, 15) is 9.59 Å². The van der Waals surface area contributed by atoms with Crippen molar-refractivity contribution in [3.8, 4) is 5.75 Å². The van der Waals surface area contributed by atoms with Gasteiger partial charge in [0.15, 0.2) is 0 Å². The Morgan fingerprint density at radius 3 is 2.36 bits per heavy atom. The van der Waals surface area contributed by atoms with Crippen molar-refractivity contribution in [2.45, 2.75) is 12.1 Å². The van der Waals surface area contributed by atoms with E-state index >= 15 is 0 Å². The van der Waals surface area contributed by atoms with Crippen LogP contribution in [0.25, 0.3) is 10.4 Å². The zero-order chi connectivity index (χ0) is 18.0. The van der Waals surface area contributed by atoms with Crippen molar-refractivity contribution in [3.05, 3.63) is 70.1 Å². The number of hydrogen-bond donors (Lipinski definition) is 1. The number of β-lactam (4-membered cyclic amide) rings is 1. The van der Waals surface area contributed by atoms with Crippen LogP contribution in [-0.4, -0.2) is 30.1 Å². The van der Waals surface area contributed by atoms with Gasteiger partial charge in [0.25, 0.3) is 0 Å². The van der Waals surface area contributed by atoms with Gasteiger partial charge in [-0.3, -0.25) is 4.79 Å². The lowest BCUT2D eigenvalue weighted by Crippen LogP contribution is -2.58. The molecule has 0 aromatic heterocycles. The smallest absolute Gasteiger partial charge is 0.335 e. The van der Waals surface area contributed by atoms with Crippen LogP contribution in [0.5, 0.6) is 5.75 Å². The monoisotopic (exact) mass is 338 g/mol. The highest BCUT2D eigenvalue weighted by Crippen LogP contribution is 2.41. The lowest BCUT2D eigenvalue weighted by atomic mass is 9.88. The van der Waals surface area contributed by atoms with E-state index in [0.717, 1.165) is 0 Å². The summed E-state index contributed by atoms with van der Waals surface area (Å²) in [6.07, 6.45) is 0. The van der Waals surface area contributed by atoms with E-state index in [-0.39, 0.29) is 11.5 Å². The Labute approximate surface area is 142 Å². The first-order valence-corrected chi connectivity index (χ1v) is 7.41. The molecule has 126 valence electrons. The van der Waals surface area contributed by atoms with E-state index in [1.54, 1.807) is 43.5 Å². The van der Waals surface area contributed by atoms with Crippen LogP contribution >= 0.6 is 0 Å². The van der Waals surface area contributed by atoms with Crippen molar-refractivity contribution in [3.63, 3.8) is 0 Å². The third-order valence-corrected chi connectivity index (χ3v) is 4.09. The Balaban J connectivity index is 1.97. The van der Waals surface area contributed by atoms with E-state index in [1.165, 1.54) is 17.0 Å². The van der Waals surface area contributed by atoms with Crippen LogP contribution in [0.1, 0.15) is 22.0 Å². The number of aromatic carboxylic acids is 1. The maximum Gasteiger partial charge on any atom is 0.335 e. The molecule has 0 radical (unpaired) electrons. The second-order valence-corrected chi connectivity index (χ2v) is 5.43. The van der Waals surface area contributed by atoms with Gasteiger partial charge in [-0.15, -0.1) is 0 Å².